The molecule has 4 nitrogen and oxygen atoms in total. The first kappa shape index (κ1) is 20.2. The number of benzene rings is 2. The van der Waals surface area contributed by atoms with E-state index in [9.17, 15) is 9.59 Å². The summed E-state index contributed by atoms with van der Waals surface area (Å²) in [6.45, 7) is 4.79. The molecule has 2 aromatic carbocycles. The van der Waals surface area contributed by atoms with Crippen molar-refractivity contribution in [3.63, 3.8) is 0 Å². The Balaban J connectivity index is 2.19. The number of rotatable bonds is 8. The summed E-state index contributed by atoms with van der Waals surface area (Å²) in [6.07, 6.45) is 1.14. The zero-order valence-electron chi connectivity index (χ0n) is 15.2. The third-order valence-electron chi connectivity index (χ3n) is 4.16. The summed E-state index contributed by atoms with van der Waals surface area (Å²) in [4.78, 5) is 27.1. The molecule has 0 heterocycles. The van der Waals surface area contributed by atoms with E-state index in [1.165, 1.54) is 0 Å². The third-order valence-corrected chi connectivity index (χ3v) is 4.65. The summed E-state index contributed by atoms with van der Waals surface area (Å²) >= 11 is 3.46. The fourth-order valence-corrected chi connectivity index (χ4v) is 3.13. The van der Waals surface area contributed by atoms with E-state index in [1.807, 2.05) is 61.5 Å². The molecule has 2 aromatic rings. The Hall–Kier alpha value is -2.14. The van der Waals surface area contributed by atoms with Crippen LogP contribution in [0.5, 0.6) is 0 Å². The van der Waals surface area contributed by atoms with Gasteiger partial charge in [-0.1, -0.05) is 65.3 Å². The van der Waals surface area contributed by atoms with Crippen molar-refractivity contribution in [2.75, 3.05) is 6.54 Å². The fourth-order valence-electron chi connectivity index (χ4n) is 2.68. The van der Waals surface area contributed by atoms with Crippen LogP contribution in [0.2, 0.25) is 0 Å². The van der Waals surface area contributed by atoms with E-state index in [2.05, 4.69) is 21.2 Å². The van der Waals surface area contributed by atoms with Crippen LogP contribution in [0.4, 0.5) is 0 Å². The minimum absolute atomic E-state index is 0.0599. The van der Waals surface area contributed by atoms with Crippen LogP contribution in [0.1, 0.15) is 31.4 Å². The first-order chi connectivity index (χ1) is 12.5. The predicted octanol–water partition coefficient (Wildman–Crippen LogP) is 3.94. The number of amides is 2. The number of halogens is 1. The Morgan fingerprint density at radius 1 is 1.08 bits per heavy atom. The van der Waals surface area contributed by atoms with E-state index in [4.69, 9.17) is 0 Å². The quantitative estimate of drug-likeness (QED) is 0.708. The lowest BCUT2D eigenvalue weighted by Gasteiger charge is -2.29. The predicted molar refractivity (Wildman–Crippen MR) is 108 cm³/mol. The summed E-state index contributed by atoms with van der Waals surface area (Å²) in [5, 5.41) is 2.89. The highest BCUT2D eigenvalue weighted by Crippen LogP contribution is 2.16. The van der Waals surface area contributed by atoms with Gasteiger partial charge in [-0.15, -0.1) is 0 Å². The van der Waals surface area contributed by atoms with Gasteiger partial charge in [-0.3, -0.25) is 9.59 Å². The first-order valence-corrected chi connectivity index (χ1v) is 9.66. The molecule has 26 heavy (non-hydrogen) atoms. The maximum Gasteiger partial charge on any atom is 0.242 e. The zero-order chi connectivity index (χ0) is 18.9. The second-order valence-corrected chi connectivity index (χ2v) is 7.20. The number of carbonyl (C=O) groups excluding carboxylic acids is 2. The van der Waals surface area contributed by atoms with E-state index in [-0.39, 0.29) is 18.2 Å². The van der Waals surface area contributed by atoms with Crippen LogP contribution in [-0.2, 0) is 22.6 Å². The van der Waals surface area contributed by atoms with Gasteiger partial charge in [0.25, 0.3) is 0 Å². The zero-order valence-corrected chi connectivity index (χ0v) is 16.8. The molecule has 0 fully saturated rings. The van der Waals surface area contributed by atoms with Crippen molar-refractivity contribution in [1.82, 2.24) is 10.2 Å². The normalized spacial score (nSPS) is 11.7. The molecule has 0 aromatic heterocycles. The first-order valence-electron chi connectivity index (χ1n) is 8.86. The summed E-state index contributed by atoms with van der Waals surface area (Å²) in [5.74, 6) is -0.182. The summed E-state index contributed by atoms with van der Waals surface area (Å²) in [6, 6.07) is 16.9. The second-order valence-electron chi connectivity index (χ2n) is 6.28. The van der Waals surface area contributed by atoms with Crippen LogP contribution < -0.4 is 5.32 Å². The minimum atomic E-state index is -0.531. The second kappa shape index (κ2) is 10.1. The minimum Gasteiger partial charge on any atom is -0.354 e. The number of carbonyl (C=O) groups is 2. The van der Waals surface area contributed by atoms with Crippen LogP contribution >= 0.6 is 15.9 Å². The van der Waals surface area contributed by atoms with Gasteiger partial charge in [0.1, 0.15) is 6.04 Å². The van der Waals surface area contributed by atoms with Gasteiger partial charge in [-0.05, 0) is 36.6 Å². The van der Waals surface area contributed by atoms with Crippen LogP contribution in [0.25, 0.3) is 0 Å². The highest BCUT2D eigenvalue weighted by Gasteiger charge is 2.25. The van der Waals surface area contributed by atoms with Gasteiger partial charge in [-0.2, -0.15) is 0 Å². The molecule has 1 atom stereocenters. The van der Waals surface area contributed by atoms with Gasteiger partial charge >= 0.3 is 0 Å². The molecule has 0 aliphatic carbocycles. The molecule has 0 aliphatic heterocycles. The van der Waals surface area contributed by atoms with E-state index in [1.54, 1.807) is 11.8 Å². The van der Waals surface area contributed by atoms with E-state index >= 15 is 0 Å². The molecule has 138 valence electrons. The maximum absolute atomic E-state index is 13.0. The molecule has 0 radical (unpaired) electrons. The molecule has 2 amide bonds. The number of nitrogens with one attached hydrogen (secondary N) is 1. The Morgan fingerprint density at radius 3 is 2.42 bits per heavy atom. The number of hydrogen-bond acceptors (Lipinski definition) is 2. The molecule has 2 rings (SSSR count). The van der Waals surface area contributed by atoms with Gasteiger partial charge in [-0.25, -0.2) is 0 Å². The Morgan fingerprint density at radius 2 is 1.77 bits per heavy atom. The van der Waals surface area contributed by atoms with Crippen molar-refractivity contribution in [2.24, 2.45) is 0 Å². The van der Waals surface area contributed by atoms with Crippen LogP contribution in [0.15, 0.2) is 59.1 Å². The van der Waals surface area contributed by atoms with Crippen molar-refractivity contribution in [3.8, 4) is 0 Å². The Labute approximate surface area is 163 Å². The van der Waals surface area contributed by atoms with E-state index < -0.39 is 6.04 Å². The SMILES string of the molecule is CCCNC(=O)C(C)N(Cc1cccc(Br)c1)C(=O)Cc1ccccc1. The van der Waals surface area contributed by atoms with Gasteiger partial charge in [0.05, 0.1) is 6.42 Å². The molecule has 1 unspecified atom stereocenters. The highest BCUT2D eigenvalue weighted by atomic mass is 79.9. The van der Waals surface area contributed by atoms with Gasteiger partial charge < -0.3 is 10.2 Å². The maximum atomic E-state index is 13.0. The standard InChI is InChI=1S/C21H25BrN2O2/c1-3-12-23-21(26)16(2)24(15-18-10-7-11-19(22)13-18)20(25)14-17-8-5-4-6-9-17/h4-11,13,16H,3,12,14-15H2,1-2H3,(H,23,26). The van der Waals surface area contributed by atoms with Gasteiger partial charge in [0.15, 0.2) is 0 Å². The molecule has 0 aliphatic rings. The summed E-state index contributed by atoms with van der Waals surface area (Å²) in [5.41, 5.74) is 1.92. The number of hydrogen-bond donors (Lipinski definition) is 1. The molecule has 0 saturated heterocycles. The average molecular weight is 417 g/mol. The Bertz CT molecular complexity index is 734. The number of nitrogens with zero attached hydrogens (tertiary/aromatic N) is 1. The van der Waals surface area contributed by atoms with Crippen LogP contribution in [0.3, 0.4) is 0 Å². The molecule has 1 N–H and O–H groups in total. The van der Waals surface area contributed by atoms with E-state index in [0.29, 0.717) is 13.1 Å². The van der Waals surface area contributed by atoms with Crippen molar-refractivity contribution < 1.29 is 9.59 Å². The van der Waals surface area contributed by atoms with Gasteiger partial charge in [0.2, 0.25) is 11.8 Å². The summed E-state index contributed by atoms with van der Waals surface area (Å²) < 4.78 is 0.952. The van der Waals surface area contributed by atoms with Crippen LogP contribution in [-0.4, -0.2) is 29.3 Å². The smallest absolute Gasteiger partial charge is 0.242 e. The van der Waals surface area contributed by atoms with Crippen LogP contribution in [0, 0.1) is 0 Å². The third kappa shape index (κ3) is 5.99. The average Bonchev–Trinajstić information content (AvgIpc) is 2.64. The Kier molecular flexibility index (Phi) is 7.85. The molecule has 5 heteroatoms. The lowest BCUT2D eigenvalue weighted by atomic mass is 10.1. The van der Waals surface area contributed by atoms with Crippen molar-refractivity contribution >= 4 is 27.7 Å². The largest absolute Gasteiger partial charge is 0.354 e. The van der Waals surface area contributed by atoms with Crippen molar-refractivity contribution in [3.05, 3.63) is 70.2 Å². The lowest BCUT2D eigenvalue weighted by molar-refractivity contribution is -0.140. The highest BCUT2D eigenvalue weighted by molar-refractivity contribution is 9.10. The molecule has 0 bridgehead atoms. The van der Waals surface area contributed by atoms with Gasteiger partial charge in [0, 0.05) is 17.6 Å². The molecular weight excluding hydrogens is 392 g/mol. The molecular formula is C21H25BrN2O2. The van der Waals surface area contributed by atoms with Crippen molar-refractivity contribution in [1.29, 1.82) is 0 Å². The monoisotopic (exact) mass is 416 g/mol. The van der Waals surface area contributed by atoms with E-state index in [0.717, 1.165) is 22.0 Å². The topological polar surface area (TPSA) is 49.4 Å². The fraction of sp³-hybridized carbons (Fsp3) is 0.333. The van der Waals surface area contributed by atoms with Crippen molar-refractivity contribution in [2.45, 2.75) is 39.3 Å². The molecule has 0 spiro atoms. The summed E-state index contributed by atoms with van der Waals surface area (Å²) in [7, 11) is 0. The lowest BCUT2D eigenvalue weighted by Crippen LogP contribution is -2.48. The molecule has 0 saturated carbocycles.